The normalized spacial score (nSPS) is 16.9. The Morgan fingerprint density at radius 2 is 1.81 bits per heavy atom. The van der Waals surface area contributed by atoms with Crippen LogP contribution in [-0.2, 0) is 9.53 Å². The average Bonchev–Trinajstić information content (AvgIpc) is 3.72. The Labute approximate surface area is 256 Å². The van der Waals surface area contributed by atoms with Crippen molar-refractivity contribution in [3.05, 3.63) is 72.5 Å². The lowest BCUT2D eigenvalue weighted by molar-refractivity contribution is -0.117. The van der Waals surface area contributed by atoms with Gasteiger partial charge in [0.05, 0.1) is 13.7 Å². The number of amides is 2. The molecule has 1 saturated heterocycles. The summed E-state index contributed by atoms with van der Waals surface area (Å²) >= 11 is 0. The van der Waals surface area contributed by atoms with Crippen molar-refractivity contribution in [1.82, 2.24) is 4.90 Å². The van der Waals surface area contributed by atoms with E-state index in [0.717, 1.165) is 19.3 Å². The Kier molecular flexibility index (Phi) is 10.8. The van der Waals surface area contributed by atoms with E-state index in [-0.39, 0.29) is 30.4 Å². The van der Waals surface area contributed by atoms with E-state index in [1.807, 2.05) is 45.0 Å². The molecule has 232 valence electrons. The molecule has 1 aliphatic heterocycles. The monoisotopic (exact) mass is 590 g/mol. The summed E-state index contributed by atoms with van der Waals surface area (Å²) in [6.07, 6.45) is 8.86. The van der Waals surface area contributed by atoms with Crippen LogP contribution in [0.15, 0.2) is 67.0 Å². The fraction of sp³-hybridized carbons (Fsp3) is 0.486. The Morgan fingerprint density at radius 3 is 2.44 bits per heavy atom. The van der Waals surface area contributed by atoms with E-state index >= 15 is 0 Å². The van der Waals surface area contributed by atoms with Crippen molar-refractivity contribution in [3.8, 4) is 17.2 Å². The van der Waals surface area contributed by atoms with Gasteiger partial charge in [0.25, 0.3) is 5.91 Å². The quantitative estimate of drug-likeness (QED) is 0.103. The molecule has 2 fully saturated rings. The van der Waals surface area contributed by atoms with E-state index in [1.54, 1.807) is 35.1 Å². The molecular weight excluding hydrogens is 544 g/mol. The third-order valence-corrected chi connectivity index (χ3v) is 7.36. The largest absolute Gasteiger partial charge is 0.493 e. The van der Waals surface area contributed by atoms with Crippen molar-refractivity contribution >= 4 is 17.7 Å². The number of nitrogens with zero attached hydrogens (tertiary/aromatic N) is 2. The number of hydrogen-bond donors (Lipinski definition) is 0. The van der Waals surface area contributed by atoms with E-state index in [0.29, 0.717) is 48.4 Å². The molecule has 1 atom stereocenters. The minimum absolute atomic E-state index is 0.203. The van der Waals surface area contributed by atoms with Crippen molar-refractivity contribution in [2.24, 2.45) is 0 Å². The molecular formula is C35H46N2O6. The zero-order valence-electron chi connectivity index (χ0n) is 26.3. The number of anilines is 1. The highest BCUT2D eigenvalue weighted by molar-refractivity contribution is 6.04. The van der Waals surface area contributed by atoms with Gasteiger partial charge in [-0.3, -0.25) is 4.79 Å². The third kappa shape index (κ3) is 9.02. The molecule has 43 heavy (non-hydrogen) atoms. The molecule has 8 heteroatoms. The van der Waals surface area contributed by atoms with Crippen molar-refractivity contribution in [2.75, 3.05) is 31.6 Å². The Balaban J connectivity index is 1.49. The lowest BCUT2D eigenvalue weighted by Crippen LogP contribution is -2.36. The van der Waals surface area contributed by atoms with Crippen LogP contribution in [0.3, 0.4) is 0 Å². The highest BCUT2D eigenvalue weighted by atomic mass is 16.6. The second kappa shape index (κ2) is 14.5. The number of ether oxygens (including phenoxy) is 4. The van der Waals surface area contributed by atoms with Crippen LogP contribution in [0.4, 0.5) is 10.5 Å². The van der Waals surface area contributed by atoms with Crippen LogP contribution >= 0.6 is 0 Å². The number of unbranched alkanes of at least 4 members (excludes halogenated alkanes) is 2. The van der Waals surface area contributed by atoms with Gasteiger partial charge in [-0.1, -0.05) is 31.6 Å². The summed E-state index contributed by atoms with van der Waals surface area (Å²) in [4.78, 5) is 29.7. The molecule has 1 unspecified atom stereocenters. The molecule has 2 amide bonds. The number of rotatable bonds is 13. The second-order valence-electron chi connectivity index (χ2n) is 12.2. The van der Waals surface area contributed by atoms with Gasteiger partial charge in [0.15, 0.2) is 17.3 Å². The smallest absolute Gasteiger partial charge is 0.410 e. The first-order chi connectivity index (χ1) is 20.6. The number of likely N-dealkylation sites (tertiary alicyclic amines) is 1. The highest BCUT2D eigenvalue weighted by Gasteiger charge is 2.32. The van der Waals surface area contributed by atoms with E-state index in [2.05, 4.69) is 25.6 Å². The summed E-state index contributed by atoms with van der Waals surface area (Å²) < 4.78 is 23.6. The van der Waals surface area contributed by atoms with E-state index < -0.39 is 5.60 Å². The molecule has 1 saturated carbocycles. The summed E-state index contributed by atoms with van der Waals surface area (Å²) in [5.74, 6) is 2.33. The van der Waals surface area contributed by atoms with Crippen LogP contribution < -0.4 is 19.1 Å². The lowest BCUT2D eigenvalue weighted by Gasteiger charge is -2.25. The molecule has 0 N–H and O–H groups in total. The molecule has 2 aromatic carbocycles. The molecule has 2 aromatic rings. The molecule has 1 heterocycles. The molecule has 4 rings (SSSR count). The third-order valence-electron chi connectivity index (χ3n) is 7.36. The fourth-order valence-electron chi connectivity index (χ4n) is 4.95. The standard InChI is InChI=1S/C35H46N2O6/c1-7-9-10-11-31(41-28-17-14-26(15-18-28)25-12-13-25)33(38)37(21-8-2)27-16-19-30(32(23-27)40-6)42-29-20-22-36(24-29)34(39)43-35(3,4)5/h8,11,14-19,23,25,29H,2,7,9-10,12-13,20-22,24H2,1,3-6H3. The molecule has 0 aromatic heterocycles. The minimum atomic E-state index is -0.555. The van der Waals surface area contributed by atoms with Gasteiger partial charge in [-0.2, -0.15) is 0 Å². The number of hydrogen-bond acceptors (Lipinski definition) is 6. The predicted octanol–water partition coefficient (Wildman–Crippen LogP) is 7.63. The number of carbonyl (C=O) groups excluding carboxylic acids is 2. The van der Waals surface area contributed by atoms with Gasteiger partial charge in [-0.15, -0.1) is 6.58 Å². The lowest BCUT2D eigenvalue weighted by atomic mass is 10.1. The van der Waals surface area contributed by atoms with Crippen molar-refractivity contribution in [1.29, 1.82) is 0 Å². The second-order valence-corrected chi connectivity index (χ2v) is 12.2. The maximum atomic E-state index is 13.9. The Morgan fingerprint density at radius 1 is 1.07 bits per heavy atom. The van der Waals surface area contributed by atoms with E-state index in [1.165, 1.54) is 18.4 Å². The van der Waals surface area contributed by atoms with Gasteiger partial charge < -0.3 is 28.7 Å². The number of carbonyl (C=O) groups is 2. The molecule has 2 aliphatic rings. The maximum Gasteiger partial charge on any atom is 0.410 e. The summed E-state index contributed by atoms with van der Waals surface area (Å²) in [6, 6.07) is 13.5. The van der Waals surface area contributed by atoms with Crippen molar-refractivity contribution in [2.45, 2.75) is 83.8 Å². The zero-order chi connectivity index (χ0) is 31.0. The van der Waals surface area contributed by atoms with Gasteiger partial charge in [-0.25, -0.2) is 4.79 Å². The van der Waals surface area contributed by atoms with Crippen molar-refractivity contribution in [3.63, 3.8) is 0 Å². The summed E-state index contributed by atoms with van der Waals surface area (Å²) in [5, 5.41) is 0. The average molecular weight is 591 g/mol. The zero-order valence-corrected chi connectivity index (χ0v) is 26.3. The summed E-state index contributed by atoms with van der Waals surface area (Å²) in [6.45, 7) is 12.8. The van der Waals surface area contributed by atoms with Crippen LogP contribution in [0.1, 0.15) is 77.7 Å². The number of methoxy groups -OCH3 is 1. The molecule has 8 nitrogen and oxygen atoms in total. The minimum Gasteiger partial charge on any atom is -0.493 e. The van der Waals surface area contributed by atoms with Gasteiger partial charge in [-0.05, 0) is 88.3 Å². The first kappa shape index (κ1) is 32.0. The van der Waals surface area contributed by atoms with Gasteiger partial charge >= 0.3 is 6.09 Å². The van der Waals surface area contributed by atoms with Crippen molar-refractivity contribution < 1.29 is 28.5 Å². The van der Waals surface area contributed by atoms with Gasteiger partial charge in [0.1, 0.15) is 17.5 Å². The molecule has 0 spiro atoms. The Hall–Kier alpha value is -3.94. The van der Waals surface area contributed by atoms with Gasteiger partial charge in [0, 0.05) is 31.3 Å². The molecule has 1 aliphatic carbocycles. The van der Waals surface area contributed by atoms with Crippen LogP contribution in [-0.4, -0.2) is 55.3 Å². The summed E-state index contributed by atoms with van der Waals surface area (Å²) in [7, 11) is 1.57. The maximum absolute atomic E-state index is 13.9. The van der Waals surface area contributed by atoms with E-state index in [9.17, 15) is 9.59 Å². The van der Waals surface area contributed by atoms with Crippen LogP contribution in [0.2, 0.25) is 0 Å². The van der Waals surface area contributed by atoms with Crippen LogP contribution in [0.25, 0.3) is 0 Å². The SMILES string of the molecule is C=CCN(C(=O)C(=CCCCC)Oc1ccc(C2CC2)cc1)c1ccc(OC2CCN(C(=O)OC(C)(C)C)C2)c(OC)c1. The highest BCUT2D eigenvalue weighted by Crippen LogP contribution is 2.40. The summed E-state index contributed by atoms with van der Waals surface area (Å²) in [5.41, 5.74) is 1.39. The fourth-order valence-corrected chi connectivity index (χ4v) is 4.95. The van der Waals surface area contributed by atoms with Crippen LogP contribution in [0.5, 0.6) is 17.2 Å². The number of benzene rings is 2. The topological polar surface area (TPSA) is 77.5 Å². The first-order valence-corrected chi connectivity index (χ1v) is 15.3. The van der Waals surface area contributed by atoms with Crippen LogP contribution in [0, 0.1) is 0 Å². The van der Waals surface area contributed by atoms with Gasteiger partial charge in [0.2, 0.25) is 0 Å². The van der Waals surface area contributed by atoms with E-state index in [4.69, 9.17) is 18.9 Å². The molecule has 0 radical (unpaired) electrons. The number of allylic oxidation sites excluding steroid dienone is 1. The predicted molar refractivity (Wildman–Crippen MR) is 169 cm³/mol. The Bertz CT molecular complexity index is 1290. The molecule has 0 bridgehead atoms. The first-order valence-electron chi connectivity index (χ1n) is 15.3.